The number of benzene rings is 1. The van der Waals surface area contributed by atoms with Gasteiger partial charge < -0.3 is 21.1 Å². The number of anilines is 1. The molecule has 0 aliphatic rings. The average Bonchev–Trinajstić information content (AvgIpc) is 2.60. The largest absolute Gasteiger partial charge is 0.492 e. The smallest absolute Gasteiger partial charge is 0.239 e. The summed E-state index contributed by atoms with van der Waals surface area (Å²) in [7, 11) is 0. The topological polar surface area (TPSA) is 87.0 Å². The predicted molar refractivity (Wildman–Crippen MR) is 66.1 cm³/mol. The maximum Gasteiger partial charge on any atom is 0.239 e. The van der Waals surface area contributed by atoms with E-state index in [2.05, 4.69) is 27.5 Å². The van der Waals surface area contributed by atoms with Crippen molar-refractivity contribution < 1.29 is 5.11 Å². The van der Waals surface area contributed by atoms with Gasteiger partial charge in [-0.15, -0.1) is 0 Å². The molecule has 0 aliphatic heterocycles. The minimum atomic E-state index is -0.0926. The molecule has 0 spiro atoms. The lowest BCUT2D eigenvalue weighted by molar-refractivity contribution is 0.459. The summed E-state index contributed by atoms with van der Waals surface area (Å²) in [6.45, 7) is 0. The van der Waals surface area contributed by atoms with Crippen LogP contribution in [0.5, 0.6) is 5.88 Å². The summed E-state index contributed by atoms with van der Waals surface area (Å²) in [5, 5.41) is 12.3. The molecule has 2 rings (SSSR count). The monoisotopic (exact) mass is 234 g/mol. The van der Waals surface area contributed by atoms with Crippen molar-refractivity contribution in [2.75, 3.05) is 5.32 Å². The van der Waals surface area contributed by atoms with Crippen LogP contribution in [0.15, 0.2) is 30.3 Å². The summed E-state index contributed by atoms with van der Waals surface area (Å²) >= 11 is 4.67. The zero-order valence-electron chi connectivity index (χ0n) is 8.27. The second-order valence-corrected chi connectivity index (χ2v) is 3.58. The van der Waals surface area contributed by atoms with Crippen LogP contribution in [0.4, 0.5) is 5.95 Å². The third-order valence-electron chi connectivity index (χ3n) is 1.99. The molecule has 0 saturated carbocycles. The Morgan fingerprint density at radius 3 is 2.69 bits per heavy atom. The standard InChI is InChI=1S/C10H10N4OS/c11-9(16)14-10-12-7(8(15)13-10)6-4-2-1-3-5-6/h1-5,15H,(H4,11,12,13,14,16). The van der Waals surface area contributed by atoms with E-state index in [4.69, 9.17) is 5.73 Å². The number of hydrogen-bond donors (Lipinski definition) is 4. The van der Waals surface area contributed by atoms with Gasteiger partial charge in [-0.25, -0.2) is 0 Å². The lowest BCUT2D eigenvalue weighted by Gasteiger charge is -1.98. The Balaban J connectivity index is 2.36. The number of imidazole rings is 1. The van der Waals surface area contributed by atoms with Crippen LogP contribution < -0.4 is 11.1 Å². The average molecular weight is 234 g/mol. The van der Waals surface area contributed by atoms with Crippen molar-refractivity contribution >= 4 is 23.3 Å². The summed E-state index contributed by atoms with van der Waals surface area (Å²) in [4.78, 5) is 6.74. The summed E-state index contributed by atoms with van der Waals surface area (Å²) in [5.74, 6) is 0.230. The van der Waals surface area contributed by atoms with Gasteiger partial charge in [-0.3, -0.25) is 0 Å². The lowest BCUT2D eigenvalue weighted by atomic mass is 10.2. The fourth-order valence-electron chi connectivity index (χ4n) is 1.35. The number of H-pyrrole nitrogens is 1. The van der Waals surface area contributed by atoms with Gasteiger partial charge in [-0.05, 0) is 12.2 Å². The summed E-state index contributed by atoms with van der Waals surface area (Å²) in [5.41, 5.74) is 6.66. The highest BCUT2D eigenvalue weighted by atomic mass is 32.1. The predicted octanol–water partition coefficient (Wildman–Crippen LogP) is 1.44. The highest BCUT2D eigenvalue weighted by Gasteiger charge is 2.10. The second kappa shape index (κ2) is 4.19. The number of hydrogen-bond acceptors (Lipinski definition) is 3. The summed E-state index contributed by atoms with van der Waals surface area (Å²) in [6.07, 6.45) is 0. The van der Waals surface area contributed by atoms with Crippen molar-refractivity contribution in [2.45, 2.75) is 0 Å². The molecule has 0 fully saturated rings. The van der Waals surface area contributed by atoms with E-state index >= 15 is 0 Å². The Morgan fingerprint density at radius 2 is 2.06 bits per heavy atom. The molecule has 0 bridgehead atoms. The molecule has 6 heteroatoms. The van der Waals surface area contributed by atoms with Gasteiger partial charge in [0.15, 0.2) is 5.11 Å². The first-order chi connectivity index (χ1) is 7.66. The van der Waals surface area contributed by atoms with Crippen molar-refractivity contribution in [1.29, 1.82) is 0 Å². The summed E-state index contributed by atoms with van der Waals surface area (Å²) < 4.78 is 0. The van der Waals surface area contributed by atoms with Gasteiger partial charge in [-0.2, -0.15) is 4.98 Å². The van der Waals surface area contributed by atoms with E-state index in [0.29, 0.717) is 11.6 Å². The van der Waals surface area contributed by atoms with Gasteiger partial charge >= 0.3 is 0 Å². The number of rotatable bonds is 2. The SMILES string of the molecule is NC(=S)Nc1nc(O)c(-c2ccccc2)[nH]1. The lowest BCUT2D eigenvalue weighted by Crippen LogP contribution is -2.19. The highest BCUT2D eigenvalue weighted by molar-refractivity contribution is 7.80. The number of aromatic nitrogens is 2. The van der Waals surface area contributed by atoms with Crippen LogP contribution in [0.3, 0.4) is 0 Å². The van der Waals surface area contributed by atoms with Crippen LogP contribution in [-0.4, -0.2) is 20.2 Å². The molecule has 1 aromatic heterocycles. The molecule has 0 saturated heterocycles. The van der Waals surface area contributed by atoms with Gasteiger partial charge in [0.25, 0.3) is 0 Å². The Labute approximate surface area is 97.3 Å². The van der Waals surface area contributed by atoms with Crippen LogP contribution in [0.1, 0.15) is 0 Å². The van der Waals surface area contributed by atoms with Gasteiger partial charge in [0.05, 0.1) is 0 Å². The molecule has 2 aromatic rings. The van der Waals surface area contributed by atoms with Gasteiger partial charge in [-0.1, -0.05) is 30.3 Å². The normalized spacial score (nSPS) is 10.0. The Hall–Kier alpha value is -2.08. The van der Waals surface area contributed by atoms with E-state index < -0.39 is 0 Å². The molecule has 0 radical (unpaired) electrons. The van der Waals surface area contributed by atoms with Crippen molar-refractivity contribution in [3.05, 3.63) is 30.3 Å². The molecular formula is C10H10N4OS. The van der Waals surface area contributed by atoms with E-state index in [-0.39, 0.29) is 11.0 Å². The van der Waals surface area contributed by atoms with Crippen LogP contribution in [0.25, 0.3) is 11.3 Å². The number of nitrogens with one attached hydrogen (secondary N) is 2. The number of thiocarbonyl (C=S) groups is 1. The second-order valence-electron chi connectivity index (χ2n) is 3.14. The summed E-state index contributed by atoms with van der Waals surface area (Å²) in [6, 6.07) is 9.35. The number of aromatic amines is 1. The van der Waals surface area contributed by atoms with Crippen molar-refractivity contribution in [3.8, 4) is 17.1 Å². The molecule has 1 aromatic carbocycles. The van der Waals surface area contributed by atoms with Gasteiger partial charge in [0, 0.05) is 5.56 Å². The first-order valence-electron chi connectivity index (χ1n) is 4.57. The van der Waals surface area contributed by atoms with Gasteiger partial charge in [0.1, 0.15) is 5.69 Å². The van der Waals surface area contributed by atoms with Crippen molar-refractivity contribution in [3.63, 3.8) is 0 Å². The molecule has 5 nitrogen and oxygen atoms in total. The number of aromatic hydroxyl groups is 1. The zero-order valence-corrected chi connectivity index (χ0v) is 9.08. The number of nitrogens with zero attached hydrogens (tertiary/aromatic N) is 1. The quantitative estimate of drug-likeness (QED) is 0.591. The molecular weight excluding hydrogens is 224 g/mol. The van der Waals surface area contributed by atoms with Crippen LogP contribution in [-0.2, 0) is 0 Å². The highest BCUT2D eigenvalue weighted by Crippen LogP contribution is 2.27. The molecule has 0 unspecified atom stereocenters. The van der Waals surface area contributed by atoms with Crippen LogP contribution in [0, 0.1) is 0 Å². The third kappa shape index (κ3) is 2.12. The van der Waals surface area contributed by atoms with E-state index in [1.54, 1.807) is 0 Å². The van der Waals surface area contributed by atoms with Crippen LogP contribution in [0.2, 0.25) is 0 Å². The minimum Gasteiger partial charge on any atom is -0.492 e. The maximum absolute atomic E-state index is 9.63. The van der Waals surface area contributed by atoms with E-state index in [9.17, 15) is 5.11 Å². The van der Waals surface area contributed by atoms with E-state index in [0.717, 1.165) is 5.56 Å². The Bertz CT molecular complexity index is 509. The van der Waals surface area contributed by atoms with Crippen molar-refractivity contribution in [2.24, 2.45) is 5.73 Å². The first kappa shape index (κ1) is 10.4. The Kier molecular flexibility index (Phi) is 2.74. The van der Waals surface area contributed by atoms with Gasteiger partial charge in [0.2, 0.25) is 11.8 Å². The maximum atomic E-state index is 9.63. The van der Waals surface area contributed by atoms with Crippen molar-refractivity contribution in [1.82, 2.24) is 9.97 Å². The molecule has 82 valence electrons. The first-order valence-corrected chi connectivity index (χ1v) is 4.98. The van der Waals surface area contributed by atoms with E-state index in [1.807, 2.05) is 30.3 Å². The molecule has 0 atom stereocenters. The van der Waals surface area contributed by atoms with Crippen LogP contribution >= 0.6 is 12.2 Å². The molecule has 5 N–H and O–H groups in total. The Morgan fingerprint density at radius 1 is 1.38 bits per heavy atom. The third-order valence-corrected chi connectivity index (χ3v) is 2.09. The fraction of sp³-hybridized carbons (Fsp3) is 0. The van der Waals surface area contributed by atoms with E-state index in [1.165, 1.54) is 0 Å². The zero-order chi connectivity index (χ0) is 11.5. The molecule has 1 heterocycles. The molecule has 0 aliphatic carbocycles. The fourth-order valence-corrected chi connectivity index (χ4v) is 1.44. The molecule has 16 heavy (non-hydrogen) atoms. The minimum absolute atomic E-state index is 0.0911. The molecule has 0 amide bonds. The number of nitrogens with two attached hydrogens (primary N) is 1.